The molecule has 1 amide bonds. The van der Waals surface area contributed by atoms with Gasteiger partial charge in [0.1, 0.15) is 0 Å². The van der Waals surface area contributed by atoms with Gasteiger partial charge in [-0.05, 0) is 43.3 Å². The van der Waals surface area contributed by atoms with Gasteiger partial charge in [0.2, 0.25) is 15.9 Å². The lowest BCUT2D eigenvalue weighted by atomic mass is 10.3. The highest BCUT2D eigenvalue weighted by Gasteiger charge is 2.22. The van der Waals surface area contributed by atoms with Crippen molar-refractivity contribution in [3.63, 3.8) is 0 Å². The van der Waals surface area contributed by atoms with Crippen LogP contribution in [0.25, 0.3) is 0 Å². The van der Waals surface area contributed by atoms with Crippen LogP contribution in [0.1, 0.15) is 6.92 Å². The Kier molecular flexibility index (Phi) is 6.11. The van der Waals surface area contributed by atoms with Crippen LogP contribution in [0, 0.1) is 0 Å². The van der Waals surface area contributed by atoms with Gasteiger partial charge in [-0.2, -0.15) is 4.72 Å². The van der Waals surface area contributed by atoms with Crippen LogP contribution in [0.5, 0.6) is 0 Å². The van der Waals surface area contributed by atoms with E-state index in [-0.39, 0.29) is 14.9 Å². The molecule has 24 heavy (non-hydrogen) atoms. The first kappa shape index (κ1) is 19.0. The number of anilines is 1. The number of carbonyl (C=O) groups excluding carboxylic acids is 1. The van der Waals surface area contributed by atoms with Crippen molar-refractivity contribution in [1.82, 2.24) is 4.72 Å². The van der Waals surface area contributed by atoms with Crippen LogP contribution in [0.3, 0.4) is 0 Å². The number of benzene rings is 2. The lowest BCUT2D eigenvalue weighted by molar-refractivity contribution is -0.117. The van der Waals surface area contributed by atoms with Crippen molar-refractivity contribution in [3.8, 4) is 0 Å². The molecule has 2 aromatic rings. The highest BCUT2D eigenvalue weighted by atomic mass is 35.5. The number of carbonyl (C=O) groups is 1. The molecule has 9 heteroatoms. The summed E-state index contributed by atoms with van der Waals surface area (Å²) in [5.41, 5.74) is 0.298. The van der Waals surface area contributed by atoms with E-state index >= 15 is 0 Å². The van der Waals surface area contributed by atoms with E-state index in [1.165, 1.54) is 31.2 Å². The van der Waals surface area contributed by atoms with Crippen LogP contribution >= 0.6 is 34.8 Å². The zero-order valence-electron chi connectivity index (χ0n) is 12.4. The molecule has 0 saturated carbocycles. The second kappa shape index (κ2) is 7.72. The standard InChI is InChI=1S/C15H13Cl3N2O3S/c1-9(15(21)19-13-4-2-3-12(17)14(13)18)20-24(22,23)11-7-5-10(16)6-8-11/h2-9,20H,1H3,(H,19,21)/t9-/m0/s1. The molecule has 0 saturated heterocycles. The minimum Gasteiger partial charge on any atom is -0.323 e. The van der Waals surface area contributed by atoms with E-state index in [4.69, 9.17) is 34.8 Å². The second-order valence-electron chi connectivity index (χ2n) is 4.89. The summed E-state index contributed by atoms with van der Waals surface area (Å²) in [6.07, 6.45) is 0. The molecule has 0 heterocycles. The number of hydrogen-bond acceptors (Lipinski definition) is 3. The van der Waals surface area contributed by atoms with Gasteiger partial charge in [0, 0.05) is 5.02 Å². The quantitative estimate of drug-likeness (QED) is 0.788. The van der Waals surface area contributed by atoms with Gasteiger partial charge < -0.3 is 5.32 Å². The largest absolute Gasteiger partial charge is 0.323 e. The van der Waals surface area contributed by atoms with E-state index in [2.05, 4.69) is 10.0 Å². The fourth-order valence-corrected chi connectivity index (χ4v) is 3.49. The molecule has 0 aliphatic heterocycles. The lowest BCUT2D eigenvalue weighted by Gasteiger charge is -2.15. The smallest absolute Gasteiger partial charge is 0.242 e. The zero-order chi connectivity index (χ0) is 17.9. The molecule has 0 aliphatic rings. The van der Waals surface area contributed by atoms with Gasteiger partial charge in [-0.15, -0.1) is 0 Å². The van der Waals surface area contributed by atoms with Gasteiger partial charge in [0.15, 0.2) is 0 Å². The molecule has 0 spiro atoms. The fraction of sp³-hybridized carbons (Fsp3) is 0.133. The molecular formula is C15H13Cl3N2O3S. The van der Waals surface area contributed by atoms with Gasteiger partial charge in [0.05, 0.1) is 26.7 Å². The molecule has 2 aromatic carbocycles. The summed E-state index contributed by atoms with van der Waals surface area (Å²) in [7, 11) is -3.86. The summed E-state index contributed by atoms with van der Waals surface area (Å²) in [4.78, 5) is 12.2. The number of rotatable bonds is 5. The van der Waals surface area contributed by atoms with Gasteiger partial charge in [-0.3, -0.25) is 4.79 Å². The average molecular weight is 408 g/mol. The third-order valence-electron chi connectivity index (χ3n) is 3.06. The maximum absolute atomic E-state index is 12.3. The number of amides is 1. The molecule has 0 unspecified atom stereocenters. The monoisotopic (exact) mass is 406 g/mol. The number of sulfonamides is 1. The summed E-state index contributed by atoms with van der Waals surface area (Å²) >= 11 is 17.6. The van der Waals surface area contributed by atoms with Gasteiger partial charge in [-0.25, -0.2) is 8.42 Å². The van der Waals surface area contributed by atoms with Crippen molar-refractivity contribution in [1.29, 1.82) is 0 Å². The molecule has 128 valence electrons. The Morgan fingerprint density at radius 1 is 1.04 bits per heavy atom. The first-order valence-electron chi connectivity index (χ1n) is 6.73. The Morgan fingerprint density at radius 2 is 1.67 bits per heavy atom. The van der Waals surface area contributed by atoms with Gasteiger partial charge in [-0.1, -0.05) is 40.9 Å². The maximum atomic E-state index is 12.3. The van der Waals surface area contributed by atoms with Crippen molar-refractivity contribution >= 4 is 56.4 Å². The molecular weight excluding hydrogens is 395 g/mol. The molecule has 1 atom stereocenters. The average Bonchev–Trinajstić information content (AvgIpc) is 2.51. The Morgan fingerprint density at radius 3 is 2.29 bits per heavy atom. The van der Waals surface area contributed by atoms with E-state index in [0.717, 1.165) is 0 Å². The molecule has 0 bridgehead atoms. The Balaban J connectivity index is 2.11. The van der Waals surface area contributed by atoms with Crippen LogP contribution in [0.2, 0.25) is 15.1 Å². The van der Waals surface area contributed by atoms with E-state index in [0.29, 0.717) is 10.7 Å². The van der Waals surface area contributed by atoms with Crippen molar-refractivity contribution in [2.24, 2.45) is 0 Å². The minimum atomic E-state index is -3.86. The lowest BCUT2D eigenvalue weighted by Crippen LogP contribution is -2.41. The fourth-order valence-electron chi connectivity index (χ4n) is 1.81. The highest BCUT2D eigenvalue weighted by Crippen LogP contribution is 2.29. The van der Waals surface area contributed by atoms with Crippen LogP contribution in [0.4, 0.5) is 5.69 Å². The van der Waals surface area contributed by atoms with Crippen LogP contribution in [-0.2, 0) is 14.8 Å². The van der Waals surface area contributed by atoms with Crippen molar-refractivity contribution in [2.45, 2.75) is 17.9 Å². The number of nitrogens with one attached hydrogen (secondary N) is 2. The normalized spacial score (nSPS) is 12.7. The molecule has 0 aliphatic carbocycles. The van der Waals surface area contributed by atoms with Crippen molar-refractivity contribution in [3.05, 3.63) is 57.5 Å². The predicted octanol–water partition coefficient (Wildman–Crippen LogP) is 3.95. The van der Waals surface area contributed by atoms with Crippen molar-refractivity contribution < 1.29 is 13.2 Å². The van der Waals surface area contributed by atoms with Crippen LogP contribution in [0.15, 0.2) is 47.4 Å². The second-order valence-corrected chi connectivity index (χ2v) is 7.82. The molecule has 0 fully saturated rings. The maximum Gasteiger partial charge on any atom is 0.242 e. The predicted molar refractivity (Wildman–Crippen MR) is 96.3 cm³/mol. The third kappa shape index (κ3) is 4.62. The summed E-state index contributed by atoms with van der Waals surface area (Å²) < 4.78 is 26.8. The summed E-state index contributed by atoms with van der Waals surface area (Å²) in [5, 5.41) is 3.41. The molecule has 5 nitrogen and oxygen atoms in total. The summed E-state index contributed by atoms with van der Waals surface area (Å²) in [6.45, 7) is 1.42. The van der Waals surface area contributed by atoms with Crippen LogP contribution in [-0.4, -0.2) is 20.4 Å². The molecule has 2 N–H and O–H groups in total. The Bertz CT molecular complexity index is 855. The molecule has 0 aromatic heterocycles. The Labute approximate surface area is 155 Å². The number of halogens is 3. The molecule has 0 radical (unpaired) electrons. The first-order chi connectivity index (χ1) is 11.2. The Hall–Kier alpha value is -1.31. The minimum absolute atomic E-state index is 0.00679. The SMILES string of the molecule is C[C@H](NS(=O)(=O)c1ccc(Cl)cc1)C(=O)Nc1cccc(Cl)c1Cl. The first-order valence-corrected chi connectivity index (χ1v) is 9.35. The zero-order valence-corrected chi connectivity index (χ0v) is 15.5. The van der Waals surface area contributed by atoms with E-state index < -0.39 is 22.0 Å². The summed E-state index contributed by atoms with van der Waals surface area (Å²) in [5.74, 6) is -0.572. The van der Waals surface area contributed by atoms with Crippen molar-refractivity contribution in [2.75, 3.05) is 5.32 Å². The molecule has 2 rings (SSSR count). The van der Waals surface area contributed by atoms with E-state index in [9.17, 15) is 13.2 Å². The third-order valence-corrected chi connectivity index (χ3v) is 5.69. The topological polar surface area (TPSA) is 75.3 Å². The number of hydrogen-bond donors (Lipinski definition) is 2. The van der Waals surface area contributed by atoms with E-state index in [1.54, 1.807) is 18.2 Å². The summed E-state index contributed by atoms with van der Waals surface area (Å²) in [6, 6.07) is 9.33. The van der Waals surface area contributed by atoms with Crippen LogP contribution < -0.4 is 10.0 Å². The van der Waals surface area contributed by atoms with E-state index in [1.807, 2.05) is 0 Å². The van der Waals surface area contributed by atoms with Gasteiger partial charge in [0.25, 0.3) is 0 Å². The van der Waals surface area contributed by atoms with Gasteiger partial charge >= 0.3 is 0 Å². The highest BCUT2D eigenvalue weighted by molar-refractivity contribution is 7.89.